The van der Waals surface area contributed by atoms with E-state index in [2.05, 4.69) is 10.4 Å². The molecule has 1 unspecified atom stereocenters. The number of ether oxygens (including phenoxy) is 1. The van der Waals surface area contributed by atoms with Gasteiger partial charge in [0.05, 0.1) is 18.5 Å². The summed E-state index contributed by atoms with van der Waals surface area (Å²) < 4.78 is 6.82. The summed E-state index contributed by atoms with van der Waals surface area (Å²) in [4.78, 5) is 10.9. The summed E-state index contributed by atoms with van der Waals surface area (Å²) in [5, 5.41) is 16.2. The van der Waals surface area contributed by atoms with Crippen molar-refractivity contribution in [2.75, 3.05) is 13.2 Å². The summed E-state index contributed by atoms with van der Waals surface area (Å²) in [6.45, 7) is 1.97. The fourth-order valence-electron chi connectivity index (χ4n) is 1.79. The van der Waals surface area contributed by atoms with Crippen LogP contribution >= 0.6 is 0 Å². The van der Waals surface area contributed by atoms with Gasteiger partial charge in [-0.3, -0.25) is 4.68 Å². The van der Waals surface area contributed by atoms with E-state index in [1.165, 1.54) is 6.20 Å². The van der Waals surface area contributed by atoms with Crippen molar-refractivity contribution in [3.8, 4) is 0 Å². The Bertz CT molecular complexity index is 383. The molecule has 0 bridgehead atoms. The van der Waals surface area contributed by atoms with Crippen molar-refractivity contribution in [3.63, 3.8) is 0 Å². The molecule has 0 aromatic carbocycles. The van der Waals surface area contributed by atoms with Gasteiger partial charge in [0.25, 0.3) is 0 Å². The highest BCUT2D eigenvalue weighted by Crippen LogP contribution is 2.09. The Labute approximate surface area is 93.2 Å². The van der Waals surface area contributed by atoms with E-state index in [0.29, 0.717) is 24.9 Å². The second-order valence-corrected chi connectivity index (χ2v) is 3.88. The molecule has 0 radical (unpaired) electrons. The van der Waals surface area contributed by atoms with Crippen molar-refractivity contribution in [1.82, 2.24) is 15.1 Å². The number of nitrogens with one attached hydrogen (secondary N) is 1. The molecule has 2 rings (SSSR count). The number of aryl methyl sites for hydroxylation is 1. The Morgan fingerprint density at radius 1 is 1.81 bits per heavy atom. The van der Waals surface area contributed by atoms with Crippen LogP contribution in [0.25, 0.3) is 0 Å². The molecule has 0 amide bonds. The number of hydrogen-bond donors (Lipinski definition) is 2. The molecule has 0 spiro atoms. The summed E-state index contributed by atoms with van der Waals surface area (Å²) in [5.41, 5.74) is 0.952. The highest BCUT2D eigenvalue weighted by molar-refractivity contribution is 5.88. The van der Waals surface area contributed by atoms with Crippen LogP contribution in [0.1, 0.15) is 22.5 Å². The first-order chi connectivity index (χ1) is 7.68. The molecule has 1 fully saturated rings. The molecule has 6 heteroatoms. The van der Waals surface area contributed by atoms with Crippen LogP contribution in [0, 0.1) is 0 Å². The van der Waals surface area contributed by atoms with Crippen molar-refractivity contribution >= 4 is 5.97 Å². The highest BCUT2D eigenvalue weighted by Gasteiger charge is 2.18. The quantitative estimate of drug-likeness (QED) is 0.754. The minimum atomic E-state index is -0.937. The third-order valence-electron chi connectivity index (χ3n) is 2.78. The van der Waals surface area contributed by atoms with Crippen molar-refractivity contribution in [2.45, 2.75) is 19.0 Å². The van der Waals surface area contributed by atoms with E-state index in [1.54, 1.807) is 11.7 Å². The summed E-state index contributed by atoms with van der Waals surface area (Å²) in [6.07, 6.45) is 2.35. The summed E-state index contributed by atoms with van der Waals surface area (Å²) in [5.74, 6) is -0.937. The minimum Gasteiger partial charge on any atom is -0.478 e. The lowest BCUT2D eigenvalue weighted by Gasteiger charge is -2.11. The lowest BCUT2D eigenvalue weighted by atomic mass is 10.2. The van der Waals surface area contributed by atoms with Crippen molar-refractivity contribution < 1.29 is 14.6 Å². The molecule has 1 atom stereocenters. The van der Waals surface area contributed by atoms with Gasteiger partial charge in [-0.25, -0.2) is 4.79 Å². The highest BCUT2D eigenvalue weighted by atomic mass is 16.5. The Balaban J connectivity index is 2.02. The van der Waals surface area contributed by atoms with Gasteiger partial charge in [0.1, 0.15) is 5.56 Å². The maximum Gasteiger partial charge on any atom is 0.339 e. The number of nitrogens with zero attached hydrogens (tertiary/aromatic N) is 2. The van der Waals surface area contributed by atoms with E-state index >= 15 is 0 Å². The van der Waals surface area contributed by atoms with E-state index in [-0.39, 0.29) is 5.56 Å². The maximum absolute atomic E-state index is 10.9. The Morgan fingerprint density at radius 2 is 2.62 bits per heavy atom. The fourth-order valence-corrected chi connectivity index (χ4v) is 1.79. The third-order valence-corrected chi connectivity index (χ3v) is 2.78. The molecule has 88 valence electrons. The predicted octanol–water partition coefficient (Wildman–Crippen LogP) is -0.00320. The van der Waals surface area contributed by atoms with Gasteiger partial charge in [-0.15, -0.1) is 0 Å². The largest absolute Gasteiger partial charge is 0.478 e. The molecule has 1 aliphatic rings. The fraction of sp³-hybridized carbons (Fsp3) is 0.600. The lowest BCUT2D eigenvalue weighted by molar-refractivity contribution is 0.0695. The average Bonchev–Trinajstić information content (AvgIpc) is 2.84. The van der Waals surface area contributed by atoms with Gasteiger partial charge in [0, 0.05) is 26.2 Å². The number of carboxylic acids is 1. The normalized spacial score (nSPS) is 20.2. The van der Waals surface area contributed by atoms with Gasteiger partial charge in [-0.05, 0) is 6.42 Å². The Morgan fingerprint density at radius 3 is 3.25 bits per heavy atom. The van der Waals surface area contributed by atoms with E-state index in [4.69, 9.17) is 9.84 Å². The first-order valence-electron chi connectivity index (χ1n) is 5.24. The number of rotatable bonds is 4. The van der Waals surface area contributed by atoms with Crippen LogP contribution < -0.4 is 5.32 Å². The Kier molecular flexibility index (Phi) is 3.21. The number of carbonyl (C=O) groups is 1. The molecule has 16 heavy (non-hydrogen) atoms. The molecule has 2 heterocycles. The standard InChI is InChI=1S/C10H15N3O3/c1-13-9(8(4-12-13)10(14)15)5-11-7-2-3-16-6-7/h4,7,11H,2-3,5-6H2,1H3,(H,14,15). The Hall–Kier alpha value is -1.40. The van der Waals surface area contributed by atoms with Crippen molar-refractivity contribution in [2.24, 2.45) is 7.05 Å². The summed E-state index contributed by atoms with van der Waals surface area (Å²) >= 11 is 0. The predicted molar refractivity (Wildman–Crippen MR) is 56.2 cm³/mol. The zero-order chi connectivity index (χ0) is 11.5. The monoisotopic (exact) mass is 225 g/mol. The molecule has 1 aliphatic heterocycles. The maximum atomic E-state index is 10.9. The van der Waals surface area contributed by atoms with Crippen LogP contribution in [0.3, 0.4) is 0 Å². The smallest absolute Gasteiger partial charge is 0.339 e. The van der Waals surface area contributed by atoms with Crippen molar-refractivity contribution in [1.29, 1.82) is 0 Å². The van der Waals surface area contributed by atoms with Crippen LogP contribution in [0.5, 0.6) is 0 Å². The van der Waals surface area contributed by atoms with E-state index in [9.17, 15) is 4.79 Å². The zero-order valence-electron chi connectivity index (χ0n) is 9.14. The first-order valence-corrected chi connectivity index (χ1v) is 5.24. The molecule has 1 saturated heterocycles. The summed E-state index contributed by atoms with van der Waals surface area (Å²) in [6, 6.07) is 0.316. The topological polar surface area (TPSA) is 76.4 Å². The molecule has 1 aromatic heterocycles. The molecule has 0 aliphatic carbocycles. The molecular formula is C10H15N3O3. The van der Waals surface area contributed by atoms with E-state index in [1.807, 2.05) is 0 Å². The minimum absolute atomic E-state index is 0.258. The average molecular weight is 225 g/mol. The van der Waals surface area contributed by atoms with Crippen LogP contribution in [-0.2, 0) is 18.3 Å². The van der Waals surface area contributed by atoms with Crippen LogP contribution in [-0.4, -0.2) is 40.1 Å². The van der Waals surface area contributed by atoms with Crippen LogP contribution in [0.2, 0.25) is 0 Å². The molecule has 6 nitrogen and oxygen atoms in total. The third kappa shape index (κ3) is 2.23. The SMILES string of the molecule is Cn1ncc(C(=O)O)c1CNC1CCOC1. The second kappa shape index (κ2) is 4.63. The van der Waals surface area contributed by atoms with Gasteiger partial charge in [-0.2, -0.15) is 5.10 Å². The van der Waals surface area contributed by atoms with E-state index < -0.39 is 5.97 Å². The van der Waals surface area contributed by atoms with Crippen LogP contribution in [0.4, 0.5) is 0 Å². The van der Waals surface area contributed by atoms with Gasteiger partial charge >= 0.3 is 5.97 Å². The van der Waals surface area contributed by atoms with E-state index in [0.717, 1.165) is 13.0 Å². The molecule has 2 N–H and O–H groups in total. The van der Waals surface area contributed by atoms with Crippen LogP contribution in [0.15, 0.2) is 6.20 Å². The second-order valence-electron chi connectivity index (χ2n) is 3.88. The molecular weight excluding hydrogens is 210 g/mol. The van der Waals surface area contributed by atoms with Gasteiger partial charge in [0.2, 0.25) is 0 Å². The lowest BCUT2D eigenvalue weighted by Crippen LogP contribution is -2.30. The molecule has 0 saturated carbocycles. The summed E-state index contributed by atoms with van der Waals surface area (Å²) in [7, 11) is 1.74. The van der Waals surface area contributed by atoms with Gasteiger partial charge in [0.15, 0.2) is 0 Å². The molecule has 1 aromatic rings. The number of carboxylic acid groups (broad SMARTS) is 1. The van der Waals surface area contributed by atoms with Gasteiger partial charge in [-0.1, -0.05) is 0 Å². The first kappa shape index (κ1) is 11.1. The van der Waals surface area contributed by atoms with Crippen molar-refractivity contribution in [3.05, 3.63) is 17.5 Å². The zero-order valence-corrected chi connectivity index (χ0v) is 9.14. The van der Waals surface area contributed by atoms with Gasteiger partial charge < -0.3 is 15.2 Å². The number of aromatic nitrogens is 2. The number of aromatic carboxylic acids is 1. The number of hydrogen-bond acceptors (Lipinski definition) is 4.